The summed E-state index contributed by atoms with van der Waals surface area (Å²) < 4.78 is 2.83. The summed E-state index contributed by atoms with van der Waals surface area (Å²) in [7, 11) is 0. The van der Waals surface area contributed by atoms with Crippen LogP contribution < -0.4 is 10.4 Å². The molecule has 0 fully saturated rings. The quantitative estimate of drug-likeness (QED) is 0.157. The maximum atomic E-state index is 2.83. The first-order chi connectivity index (χ1) is 31.9. The molecule has 0 saturated carbocycles. The summed E-state index contributed by atoms with van der Waals surface area (Å²) in [5.41, 5.74) is 24.5. The molecule has 2 nitrogen and oxygen atoms in total. The summed E-state index contributed by atoms with van der Waals surface area (Å²) in [6.45, 7) is 36.3. The van der Waals surface area contributed by atoms with Crippen molar-refractivity contribution in [2.24, 2.45) is 0 Å². The van der Waals surface area contributed by atoms with Crippen LogP contribution in [-0.4, -0.2) is 11.3 Å². The summed E-state index contributed by atoms with van der Waals surface area (Å²) in [6.07, 6.45) is 2.36. The molecule has 0 amide bonds. The number of hydrogen-bond acceptors (Lipinski definition) is 1. The zero-order valence-electron chi connectivity index (χ0n) is 43.4. The van der Waals surface area contributed by atoms with Gasteiger partial charge in [-0.2, -0.15) is 0 Å². The Morgan fingerprint density at radius 1 is 0.485 bits per heavy atom. The van der Waals surface area contributed by atoms with Crippen LogP contribution in [0.1, 0.15) is 156 Å². The van der Waals surface area contributed by atoms with Crippen molar-refractivity contribution in [2.45, 2.75) is 149 Å². The Balaban J connectivity index is 1.31. The fourth-order valence-electron chi connectivity index (χ4n) is 13.1. The first-order valence-corrected chi connectivity index (χ1v) is 25.5. The predicted molar refractivity (Wildman–Crippen MR) is 295 cm³/mol. The molecule has 7 aromatic carbocycles. The van der Waals surface area contributed by atoms with E-state index in [2.05, 4.69) is 235 Å². The SMILES string of the molecule is CC(C)(C)c1ccc(N2C3=C(B4c5c2cc2ccccc2c5-c2cc(C(C)(C)C)cc5c6cc(C(C)(C)C)ccc6n4c25)C(C)(C)c2cc4c(cc23)C(C)(C)CCC4(C)C)c(-c2ccccc2)c1. The lowest BCUT2D eigenvalue weighted by atomic mass is 9.40. The van der Waals surface area contributed by atoms with Crippen molar-refractivity contribution >= 4 is 62.0 Å². The number of rotatable bonds is 2. The average molecular weight is 889 g/mol. The van der Waals surface area contributed by atoms with Gasteiger partial charge in [0.25, 0.3) is 0 Å². The van der Waals surface area contributed by atoms with E-state index in [1.807, 2.05) is 0 Å². The molecule has 3 heterocycles. The lowest BCUT2D eigenvalue weighted by Crippen LogP contribution is -2.52. The van der Waals surface area contributed by atoms with Crippen LogP contribution in [0.4, 0.5) is 11.4 Å². The highest BCUT2D eigenvalue weighted by Crippen LogP contribution is 2.60. The third-order valence-corrected chi connectivity index (χ3v) is 17.3. The number of hydrogen-bond donors (Lipinski definition) is 0. The molecular formula is C65H69BN2. The van der Waals surface area contributed by atoms with Crippen LogP contribution in [-0.2, 0) is 32.5 Å². The third-order valence-electron chi connectivity index (χ3n) is 17.3. The smallest absolute Gasteiger partial charge is 0.329 e. The first kappa shape index (κ1) is 43.5. The maximum absolute atomic E-state index is 2.83. The van der Waals surface area contributed by atoms with Crippen molar-refractivity contribution in [1.82, 2.24) is 4.48 Å². The molecule has 342 valence electrons. The molecule has 2 aliphatic heterocycles. The van der Waals surface area contributed by atoms with Gasteiger partial charge < -0.3 is 9.38 Å². The lowest BCUT2D eigenvalue weighted by molar-refractivity contribution is 0.331. The molecule has 4 aliphatic rings. The van der Waals surface area contributed by atoms with Gasteiger partial charge in [0.15, 0.2) is 0 Å². The van der Waals surface area contributed by atoms with Crippen molar-refractivity contribution in [1.29, 1.82) is 0 Å². The van der Waals surface area contributed by atoms with Crippen LogP contribution in [0.5, 0.6) is 0 Å². The normalized spacial score (nSPS) is 17.8. The van der Waals surface area contributed by atoms with Gasteiger partial charge in [0.2, 0.25) is 0 Å². The molecule has 0 atom stereocenters. The highest BCUT2D eigenvalue weighted by atomic mass is 15.2. The molecule has 0 spiro atoms. The Morgan fingerprint density at radius 3 is 1.75 bits per heavy atom. The van der Waals surface area contributed by atoms with Gasteiger partial charge in [-0.25, -0.2) is 0 Å². The van der Waals surface area contributed by atoms with Crippen LogP contribution in [0.15, 0.2) is 127 Å². The molecular weight excluding hydrogens is 820 g/mol. The molecule has 0 saturated heterocycles. The molecule has 1 aromatic heterocycles. The Kier molecular flexibility index (Phi) is 8.77. The summed E-state index contributed by atoms with van der Waals surface area (Å²) in [6, 6.07) is 48.4. The average Bonchev–Trinajstić information content (AvgIpc) is 3.73. The number of anilines is 2. The highest BCUT2D eigenvalue weighted by molar-refractivity contribution is 6.86. The fraction of sp³-hybridized carbons (Fsp3) is 0.354. The number of aromatic nitrogens is 1. The van der Waals surface area contributed by atoms with Crippen LogP contribution in [0.25, 0.3) is 60.5 Å². The van der Waals surface area contributed by atoms with Crippen molar-refractivity contribution in [3.63, 3.8) is 0 Å². The monoisotopic (exact) mass is 889 g/mol. The minimum atomic E-state index is -0.309. The molecule has 8 aromatic rings. The molecule has 12 rings (SSSR count). The van der Waals surface area contributed by atoms with E-state index in [-0.39, 0.29) is 39.3 Å². The summed E-state index contributed by atoms with van der Waals surface area (Å²) in [4.78, 5) is 2.77. The van der Waals surface area contributed by atoms with Crippen LogP contribution in [0.3, 0.4) is 0 Å². The molecule has 0 N–H and O–H groups in total. The Hall–Kier alpha value is -5.80. The molecule has 0 unspecified atom stereocenters. The van der Waals surface area contributed by atoms with Crippen LogP contribution in [0.2, 0.25) is 0 Å². The second kappa shape index (κ2) is 13.7. The topological polar surface area (TPSA) is 8.17 Å². The molecule has 0 bridgehead atoms. The molecule has 2 aliphatic carbocycles. The Labute approximate surface area is 406 Å². The van der Waals surface area contributed by atoms with Crippen molar-refractivity contribution in [2.75, 3.05) is 4.90 Å². The van der Waals surface area contributed by atoms with E-state index in [9.17, 15) is 0 Å². The van der Waals surface area contributed by atoms with E-state index < -0.39 is 0 Å². The maximum Gasteiger partial charge on any atom is 0.329 e. The van der Waals surface area contributed by atoms with E-state index >= 15 is 0 Å². The van der Waals surface area contributed by atoms with E-state index in [4.69, 9.17) is 0 Å². The van der Waals surface area contributed by atoms with E-state index in [0.29, 0.717) is 0 Å². The molecule has 68 heavy (non-hydrogen) atoms. The van der Waals surface area contributed by atoms with Gasteiger partial charge in [-0.15, -0.1) is 0 Å². The number of allylic oxidation sites excluding steroid dienone is 1. The van der Waals surface area contributed by atoms with Gasteiger partial charge in [0, 0.05) is 55.3 Å². The van der Waals surface area contributed by atoms with E-state index in [1.165, 1.54) is 135 Å². The Morgan fingerprint density at radius 2 is 1.07 bits per heavy atom. The standard InChI is InChI=1S/C65H69BN2/c1-60(2,3)40-25-27-52(44(32-40)38-21-17-16-18-22-38)67-54-31-39-23-19-20-24-43(39)55-48-35-42(62(7,8)9)34-46-45-33-41(61(4,5)6)26-28-53(45)68(57(46)48)66(56(54)55)59-58(67)47-36-50-51(37-49(47)65(59,14)15)64(12,13)30-29-63(50,10)11/h16-28,31-37H,29-30H2,1-15H3. The summed E-state index contributed by atoms with van der Waals surface area (Å²) >= 11 is 0. The molecule has 3 heteroatoms. The molecule has 0 radical (unpaired) electrons. The van der Waals surface area contributed by atoms with Gasteiger partial charge in [-0.1, -0.05) is 177 Å². The summed E-state index contributed by atoms with van der Waals surface area (Å²) in [5.74, 6) is 0. The van der Waals surface area contributed by atoms with Crippen molar-refractivity contribution < 1.29 is 0 Å². The van der Waals surface area contributed by atoms with Crippen molar-refractivity contribution in [3.8, 4) is 22.3 Å². The second-order valence-electron chi connectivity index (χ2n) is 26.1. The van der Waals surface area contributed by atoms with Gasteiger partial charge in [-0.3, -0.25) is 0 Å². The zero-order valence-corrected chi connectivity index (χ0v) is 43.4. The first-order valence-electron chi connectivity index (χ1n) is 25.5. The van der Waals surface area contributed by atoms with Gasteiger partial charge in [0.05, 0.1) is 5.69 Å². The van der Waals surface area contributed by atoms with Gasteiger partial charge in [0.1, 0.15) is 0 Å². The largest absolute Gasteiger partial charge is 0.376 e. The second-order valence-corrected chi connectivity index (χ2v) is 26.1. The number of nitrogens with zero attached hydrogens (tertiary/aromatic N) is 2. The fourth-order valence-corrected chi connectivity index (χ4v) is 13.1. The van der Waals surface area contributed by atoms with Crippen LogP contribution in [0, 0.1) is 0 Å². The predicted octanol–water partition coefficient (Wildman–Crippen LogP) is 17.0. The number of fused-ring (bicyclic) bond motifs is 11. The van der Waals surface area contributed by atoms with Crippen molar-refractivity contribution in [3.05, 3.63) is 166 Å². The minimum Gasteiger partial charge on any atom is -0.376 e. The minimum absolute atomic E-state index is 0.00931. The van der Waals surface area contributed by atoms with Crippen LogP contribution >= 0.6 is 0 Å². The number of benzene rings is 7. The van der Waals surface area contributed by atoms with E-state index in [1.54, 1.807) is 0 Å². The van der Waals surface area contributed by atoms with E-state index in [0.717, 1.165) is 0 Å². The van der Waals surface area contributed by atoms with Gasteiger partial charge in [-0.05, 0) is 155 Å². The zero-order chi connectivity index (χ0) is 48.0. The summed E-state index contributed by atoms with van der Waals surface area (Å²) in [5, 5.41) is 5.34. The lowest BCUT2D eigenvalue weighted by Gasteiger charge is -2.44. The third kappa shape index (κ3) is 5.96. The Bertz CT molecular complexity index is 3530. The van der Waals surface area contributed by atoms with Gasteiger partial charge >= 0.3 is 6.85 Å². The highest BCUT2D eigenvalue weighted by Gasteiger charge is 2.55.